The molecule has 1 aromatic rings. The second-order valence-electron chi connectivity index (χ2n) is 5.41. The third kappa shape index (κ3) is 3.10. The fourth-order valence-electron chi connectivity index (χ4n) is 1.60. The molecule has 0 aliphatic carbocycles. The van der Waals surface area contributed by atoms with Gasteiger partial charge in [0.25, 0.3) is 0 Å². The van der Waals surface area contributed by atoms with Gasteiger partial charge in [0.15, 0.2) is 0 Å². The summed E-state index contributed by atoms with van der Waals surface area (Å²) in [5, 5.41) is 3.33. The van der Waals surface area contributed by atoms with Crippen molar-refractivity contribution in [2.45, 2.75) is 27.3 Å². The zero-order chi connectivity index (χ0) is 11.6. The number of hydrogen-bond donors (Lipinski definition) is 1. The van der Waals surface area contributed by atoms with E-state index in [4.69, 9.17) is 4.74 Å². The van der Waals surface area contributed by atoms with Crippen LogP contribution < -0.4 is 13.6 Å². The van der Waals surface area contributed by atoms with Gasteiger partial charge in [0, 0.05) is 0 Å². The van der Waals surface area contributed by atoms with Crippen LogP contribution in [0.15, 0.2) is 18.5 Å². The van der Waals surface area contributed by atoms with E-state index >= 15 is 0 Å². The van der Waals surface area contributed by atoms with Crippen LogP contribution in [0.3, 0.4) is 0 Å². The van der Waals surface area contributed by atoms with Gasteiger partial charge in [0.2, 0.25) is 0 Å². The number of ether oxygens (including phenoxy) is 1. The summed E-state index contributed by atoms with van der Waals surface area (Å²) in [5.74, 6) is 0.929. The molecule has 0 aromatic carbocycles. The van der Waals surface area contributed by atoms with E-state index in [9.17, 15) is 0 Å². The summed E-state index contributed by atoms with van der Waals surface area (Å²) in [5.41, 5.74) is 0. The van der Waals surface area contributed by atoms with Gasteiger partial charge in [-0.2, -0.15) is 0 Å². The van der Waals surface area contributed by atoms with Gasteiger partial charge in [-0.1, -0.05) is 0 Å². The van der Waals surface area contributed by atoms with E-state index in [-0.39, 0.29) is 0 Å². The second kappa shape index (κ2) is 4.92. The third-order valence-corrected chi connectivity index (χ3v) is 8.68. The molecule has 88 valence electrons. The zero-order valence-electron chi connectivity index (χ0n) is 10.3. The summed E-state index contributed by atoms with van der Waals surface area (Å²) in [4.78, 5) is 11.5. The standard InChI is InChI=1S/C9H11N2O.3CH3.Sn/c1-2-9(6-10-4-1)12-7-8-3-5-11-8;;;;/h2,4,6,8,11H,3,5,7H2;3*1H3;/t8-;;;;/m0..../s1. The average molecular weight is 327 g/mol. The van der Waals surface area contributed by atoms with Crippen molar-refractivity contribution >= 4 is 22.0 Å². The Balaban J connectivity index is 1.98. The molecule has 1 fully saturated rings. The maximum absolute atomic E-state index is 5.75. The van der Waals surface area contributed by atoms with Gasteiger partial charge in [0.1, 0.15) is 0 Å². The van der Waals surface area contributed by atoms with Crippen molar-refractivity contribution < 1.29 is 4.74 Å². The molecule has 1 saturated heterocycles. The Hall–Kier alpha value is -0.291. The Morgan fingerprint density at radius 1 is 1.44 bits per heavy atom. The van der Waals surface area contributed by atoms with Crippen LogP contribution in [-0.2, 0) is 0 Å². The van der Waals surface area contributed by atoms with E-state index in [0.717, 1.165) is 18.9 Å². The van der Waals surface area contributed by atoms with E-state index in [0.29, 0.717) is 6.04 Å². The molecule has 1 aromatic heterocycles. The summed E-state index contributed by atoms with van der Waals surface area (Å²) in [6, 6.07) is 2.73. The van der Waals surface area contributed by atoms with Crippen LogP contribution >= 0.6 is 0 Å². The van der Waals surface area contributed by atoms with Crippen molar-refractivity contribution in [1.82, 2.24) is 10.3 Å². The van der Waals surface area contributed by atoms with E-state index in [1.165, 1.54) is 10.0 Å². The predicted octanol–water partition coefficient (Wildman–Crippen LogP) is 1.37. The number of aromatic nitrogens is 1. The Bertz CT molecular complexity index is 358. The first kappa shape index (κ1) is 12.2. The van der Waals surface area contributed by atoms with E-state index in [2.05, 4.69) is 31.2 Å². The Morgan fingerprint density at radius 2 is 2.19 bits per heavy atom. The molecule has 1 aliphatic rings. The molecular weight excluding hydrogens is 307 g/mol. The van der Waals surface area contributed by atoms with E-state index in [1.54, 1.807) is 0 Å². The molecule has 1 aliphatic heterocycles. The summed E-state index contributed by atoms with van der Waals surface area (Å²) in [6.45, 7) is 1.90. The Morgan fingerprint density at radius 3 is 2.75 bits per heavy atom. The molecule has 1 N–H and O–H groups in total. The van der Waals surface area contributed by atoms with Crippen molar-refractivity contribution in [3.8, 4) is 5.75 Å². The maximum atomic E-state index is 5.75. The van der Waals surface area contributed by atoms with E-state index in [1.807, 2.05) is 12.4 Å². The second-order valence-corrected chi connectivity index (χ2v) is 19.9. The van der Waals surface area contributed by atoms with Crippen LogP contribution in [0.5, 0.6) is 5.75 Å². The van der Waals surface area contributed by atoms with Crippen molar-refractivity contribution in [3.05, 3.63) is 18.5 Å². The molecule has 0 amide bonds. The fraction of sp³-hybridized carbons (Fsp3) is 0.583. The first-order valence-corrected chi connectivity index (χ1v) is 15.9. The third-order valence-electron chi connectivity index (χ3n) is 2.96. The Labute approximate surface area is 101 Å². The van der Waals surface area contributed by atoms with Crippen LogP contribution in [0.25, 0.3) is 0 Å². The molecule has 0 saturated carbocycles. The minimum absolute atomic E-state index is 0.543. The zero-order valence-corrected chi connectivity index (χ0v) is 13.1. The number of pyridine rings is 1. The summed E-state index contributed by atoms with van der Waals surface area (Å²) in [7, 11) is 0. The molecule has 2 heterocycles. The van der Waals surface area contributed by atoms with Crippen molar-refractivity contribution in [2.75, 3.05) is 13.2 Å². The molecule has 1 atom stereocenters. The predicted molar refractivity (Wildman–Crippen MR) is 69.1 cm³/mol. The van der Waals surface area contributed by atoms with Gasteiger partial charge < -0.3 is 0 Å². The van der Waals surface area contributed by atoms with Gasteiger partial charge >= 0.3 is 102 Å². The molecule has 4 heteroatoms. The van der Waals surface area contributed by atoms with Crippen LogP contribution in [-0.4, -0.2) is 42.6 Å². The number of nitrogens with one attached hydrogen (secondary N) is 1. The number of nitrogens with zero attached hydrogens (tertiary/aromatic N) is 1. The van der Waals surface area contributed by atoms with Gasteiger partial charge in [-0.3, -0.25) is 0 Å². The van der Waals surface area contributed by atoms with Gasteiger partial charge in [-0.15, -0.1) is 0 Å². The Kier molecular flexibility index (Phi) is 3.74. The number of hydrogen-bond acceptors (Lipinski definition) is 3. The van der Waals surface area contributed by atoms with Crippen LogP contribution in [0.2, 0.25) is 14.8 Å². The molecule has 3 nitrogen and oxygen atoms in total. The van der Waals surface area contributed by atoms with Crippen LogP contribution in [0, 0.1) is 0 Å². The van der Waals surface area contributed by atoms with Crippen molar-refractivity contribution in [2.24, 2.45) is 0 Å². The summed E-state index contributed by atoms with van der Waals surface area (Å²) < 4.78 is 7.18. The van der Waals surface area contributed by atoms with Crippen LogP contribution in [0.4, 0.5) is 0 Å². The first-order valence-electron chi connectivity index (χ1n) is 5.87. The molecule has 0 bridgehead atoms. The van der Waals surface area contributed by atoms with Crippen molar-refractivity contribution in [3.63, 3.8) is 0 Å². The van der Waals surface area contributed by atoms with Gasteiger partial charge in [-0.25, -0.2) is 0 Å². The summed E-state index contributed by atoms with van der Waals surface area (Å²) >= 11 is -1.99. The molecular formula is C12H20N2OSn. The normalized spacial score (nSPS) is 20.3. The van der Waals surface area contributed by atoms with Gasteiger partial charge in [-0.05, 0) is 0 Å². The monoisotopic (exact) mass is 328 g/mol. The molecule has 0 radical (unpaired) electrons. The number of rotatable bonds is 4. The molecule has 0 unspecified atom stereocenters. The summed E-state index contributed by atoms with van der Waals surface area (Å²) in [6.07, 6.45) is 5.05. The molecule has 16 heavy (non-hydrogen) atoms. The first-order chi connectivity index (χ1) is 7.55. The SMILES string of the molecule is [CH3][Sn]([CH3])([CH3])[c]1cncc(OC[C@@H]2CCN2)c1. The fourth-order valence-corrected chi connectivity index (χ4v) is 4.56. The van der Waals surface area contributed by atoms with Crippen molar-refractivity contribution in [1.29, 1.82) is 0 Å². The molecule has 0 spiro atoms. The van der Waals surface area contributed by atoms with E-state index < -0.39 is 18.4 Å². The van der Waals surface area contributed by atoms with Gasteiger partial charge in [0.05, 0.1) is 0 Å². The molecule has 2 rings (SSSR count). The minimum atomic E-state index is -1.99. The quantitative estimate of drug-likeness (QED) is 0.849. The average Bonchev–Trinajstić information content (AvgIpc) is 2.14. The van der Waals surface area contributed by atoms with Crippen LogP contribution in [0.1, 0.15) is 6.42 Å². The topological polar surface area (TPSA) is 34.1 Å².